The van der Waals surface area contributed by atoms with E-state index in [1.54, 1.807) is 18.3 Å². The molecule has 0 aliphatic carbocycles. The summed E-state index contributed by atoms with van der Waals surface area (Å²) >= 11 is 3.29. The van der Waals surface area contributed by atoms with Crippen molar-refractivity contribution in [3.8, 4) is 5.88 Å². The van der Waals surface area contributed by atoms with E-state index >= 15 is 0 Å². The van der Waals surface area contributed by atoms with Gasteiger partial charge in [0.25, 0.3) is 0 Å². The number of pyridine rings is 1. The summed E-state index contributed by atoms with van der Waals surface area (Å²) in [7, 11) is -3.58. The Morgan fingerprint density at radius 3 is 2.79 bits per heavy atom. The highest BCUT2D eigenvalue weighted by molar-refractivity contribution is 9.10. The highest BCUT2D eigenvalue weighted by Crippen LogP contribution is 2.22. The molecule has 2 heterocycles. The van der Waals surface area contributed by atoms with E-state index in [9.17, 15) is 12.8 Å². The van der Waals surface area contributed by atoms with Crippen molar-refractivity contribution in [1.82, 2.24) is 9.29 Å². The van der Waals surface area contributed by atoms with E-state index in [0.717, 1.165) is 4.47 Å². The summed E-state index contributed by atoms with van der Waals surface area (Å²) in [5.74, 6) is -0.396. The predicted molar refractivity (Wildman–Crippen MR) is 91.6 cm³/mol. The minimum atomic E-state index is -3.58. The number of hydrogen-bond donors (Lipinski definition) is 0. The molecule has 24 heavy (non-hydrogen) atoms. The fourth-order valence-corrected chi connectivity index (χ4v) is 4.37. The lowest BCUT2D eigenvalue weighted by atomic mass is 10.2. The van der Waals surface area contributed by atoms with E-state index in [0.29, 0.717) is 18.8 Å². The number of rotatable bonds is 5. The Morgan fingerprint density at radius 2 is 2.08 bits per heavy atom. The van der Waals surface area contributed by atoms with Crippen molar-refractivity contribution in [3.63, 3.8) is 0 Å². The van der Waals surface area contributed by atoms with Gasteiger partial charge in [0.15, 0.2) is 0 Å². The summed E-state index contributed by atoms with van der Waals surface area (Å²) in [5.41, 5.74) is 0.177. The van der Waals surface area contributed by atoms with E-state index in [2.05, 4.69) is 20.9 Å². The summed E-state index contributed by atoms with van der Waals surface area (Å²) in [4.78, 5) is 4.12. The highest BCUT2D eigenvalue weighted by Gasteiger charge is 2.33. The second-order valence-electron chi connectivity index (χ2n) is 5.55. The Bertz CT molecular complexity index is 814. The Labute approximate surface area is 148 Å². The minimum Gasteiger partial charge on any atom is -0.473 e. The Kier molecular flexibility index (Phi) is 5.17. The molecule has 0 radical (unpaired) electrons. The van der Waals surface area contributed by atoms with Gasteiger partial charge < -0.3 is 4.74 Å². The van der Waals surface area contributed by atoms with Crippen LogP contribution in [0.25, 0.3) is 0 Å². The van der Waals surface area contributed by atoms with Crippen LogP contribution in [0.1, 0.15) is 12.0 Å². The first-order valence-electron chi connectivity index (χ1n) is 7.43. The van der Waals surface area contributed by atoms with Crippen LogP contribution in [0.3, 0.4) is 0 Å². The average Bonchev–Trinajstić information content (AvgIpc) is 3.01. The van der Waals surface area contributed by atoms with Crippen molar-refractivity contribution < 1.29 is 17.5 Å². The molecule has 8 heteroatoms. The maximum atomic E-state index is 13.7. The largest absolute Gasteiger partial charge is 0.473 e. The molecule has 1 aromatic carbocycles. The average molecular weight is 415 g/mol. The molecular formula is C16H16BrFN2O3S. The number of benzene rings is 1. The first kappa shape index (κ1) is 17.3. The standard InChI is InChI=1S/C16H16BrFN2O3S/c17-13-5-6-16(19-9-13)23-14-7-8-20(10-14)24(21,22)11-12-3-1-2-4-15(12)18/h1-6,9,14H,7-8,10-11H2. The zero-order valence-electron chi connectivity index (χ0n) is 12.7. The van der Waals surface area contributed by atoms with Crippen LogP contribution in [0.15, 0.2) is 47.1 Å². The molecule has 3 rings (SSSR count). The van der Waals surface area contributed by atoms with E-state index in [1.807, 2.05) is 6.07 Å². The lowest BCUT2D eigenvalue weighted by Crippen LogP contribution is -2.32. The Hall–Kier alpha value is -1.51. The molecule has 1 unspecified atom stereocenters. The molecule has 1 atom stereocenters. The van der Waals surface area contributed by atoms with Gasteiger partial charge in [0, 0.05) is 28.8 Å². The number of aromatic nitrogens is 1. The molecule has 0 bridgehead atoms. The van der Waals surface area contributed by atoms with Crippen LogP contribution in [0.5, 0.6) is 5.88 Å². The van der Waals surface area contributed by atoms with Crippen molar-refractivity contribution in [2.75, 3.05) is 13.1 Å². The van der Waals surface area contributed by atoms with Gasteiger partial charge in [0.2, 0.25) is 15.9 Å². The van der Waals surface area contributed by atoms with Gasteiger partial charge in [-0.15, -0.1) is 0 Å². The molecule has 128 valence electrons. The van der Waals surface area contributed by atoms with Crippen LogP contribution in [0, 0.1) is 5.82 Å². The molecular weight excluding hydrogens is 399 g/mol. The quantitative estimate of drug-likeness (QED) is 0.754. The topological polar surface area (TPSA) is 59.5 Å². The third-order valence-electron chi connectivity index (χ3n) is 3.78. The molecule has 1 fully saturated rings. The Morgan fingerprint density at radius 1 is 1.29 bits per heavy atom. The molecule has 2 aromatic rings. The lowest BCUT2D eigenvalue weighted by Gasteiger charge is -2.17. The molecule has 0 amide bonds. The number of nitrogens with zero attached hydrogens (tertiary/aromatic N) is 2. The molecule has 1 aliphatic rings. The highest BCUT2D eigenvalue weighted by atomic mass is 79.9. The molecule has 0 saturated carbocycles. The molecule has 0 N–H and O–H groups in total. The normalized spacial score (nSPS) is 18.7. The summed E-state index contributed by atoms with van der Waals surface area (Å²) in [5, 5.41) is 0. The molecule has 5 nitrogen and oxygen atoms in total. The summed E-state index contributed by atoms with van der Waals surface area (Å²) in [6.07, 6.45) is 1.94. The SMILES string of the molecule is O=S(=O)(Cc1ccccc1F)N1CCC(Oc2ccc(Br)cn2)C1. The number of halogens is 2. The zero-order chi connectivity index (χ0) is 17.2. The number of hydrogen-bond acceptors (Lipinski definition) is 4. The monoisotopic (exact) mass is 414 g/mol. The van der Waals surface area contributed by atoms with Crippen LogP contribution in [-0.2, 0) is 15.8 Å². The second kappa shape index (κ2) is 7.16. The maximum absolute atomic E-state index is 13.7. The predicted octanol–water partition coefficient (Wildman–Crippen LogP) is 2.97. The van der Waals surface area contributed by atoms with Crippen LogP contribution >= 0.6 is 15.9 Å². The van der Waals surface area contributed by atoms with Gasteiger partial charge in [-0.1, -0.05) is 18.2 Å². The molecule has 0 spiro atoms. The third kappa shape index (κ3) is 4.12. The van der Waals surface area contributed by atoms with Gasteiger partial charge in [-0.2, -0.15) is 4.31 Å². The zero-order valence-corrected chi connectivity index (χ0v) is 15.1. The van der Waals surface area contributed by atoms with Gasteiger partial charge in [-0.3, -0.25) is 0 Å². The van der Waals surface area contributed by atoms with E-state index in [1.165, 1.54) is 22.5 Å². The lowest BCUT2D eigenvalue weighted by molar-refractivity contribution is 0.207. The fourth-order valence-electron chi connectivity index (χ4n) is 2.55. The van der Waals surface area contributed by atoms with Gasteiger partial charge in [0.1, 0.15) is 11.9 Å². The van der Waals surface area contributed by atoms with E-state index < -0.39 is 15.8 Å². The van der Waals surface area contributed by atoms with E-state index in [-0.39, 0.29) is 24.0 Å². The third-order valence-corrected chi connectivity index (χ3v) is 6.05. The van der Waals surface area contributed by atoms with Crippen molar-refractivity contribution in [3.05, 3.63) is 58.4 Å². The van der Waals surface area contributed by atoms with Crippen LogP contribution in [0.4, 0.5) is 4.39 Å². The van der Waals surface area contributed by atoms with Crippen molar-refractivity contribution in [2.24, 2.45) is 0 Å². The first-order chi connectivity index (χ1) is 11.4. The summed E-state index contributed by atoms with van der Waals surface area (Å²) in [6.45, 7) is 0.604. The Balaban J connectivity index is 1.64. The van der Waals surface area contributed by atoms with Crippen molar-refractivity contribution >= 4 is 26.0 Å². The fraction of sp³-hybridized carbons (Fsp3) is 0.312. The van der Waals surface area contributed by atoms with E-state index in [4.69, 9.17) is 4.74 Å². The summed E-state index contributed by atoms with van der Waals surface area (Å²) in [6, 6.07) is 9.45. The van der Waals surface area contributed by atoms with Crippen LogP contribution in [0.2, 0.25) is 0 Å². The van der Waals surface area contributed by atoms with Gasteiger partial charge in [-0.05, 0) is 34.5 Å². The molecule has 1 aliphatic heterocycles. The number of sulfonamides is 1. The van der Waals surface area contributed by atoms with Crippen molar-refractivity contribution in [2.45, 2.75) is 18.3 Å². The van der Waals surface area contributed by atoms with Gasteiger partial charge >= 0.3 is 0 Å². The maximum Gasteiger partial charge on any atom is 0.218 e. The van der Waals surface area contributed by atoms with Gasteiger partial charge in [0.05, 0.1) is 12.3 Å². The molecule has 1 saturated heterocycles. The second-order valence-corrected chi connectivity index (χ2v) is 8.43. The van der Waals surface area contributed by atoms with Crippen molar-refractivity contribution in [1.29, 1.82) is 0 Å². The first-order valence-corrected chi connectivity index (χ1v) is 9.84. The minimum absolute atomic E-state index is 0.177. The van der Waals surface area contributed by atoms with Crippen LogP contribution in [-0.4, -0.2) is 36.9 Å². The number of ether oxygens (including phenoxy) is 1. The van der Waals surface area contributed by atoms with Gasteiger partial charge in [-0.25, -0.2) is 17.8 Å². The summed E-state index contributed by atoms with van der Waals surface area (Å²) < 4.78 is 46.6. The van der Waals surface area contributed by atoms with Crippen LogP contribution < -0.4 is 4.74 Å². The molecule has 1 aromatic heterocycles. The smallest absolute Gasteiger partial charge is 0.218 e.